The van der Waals surface area contributed by atoms with E-state index >= 15 is 0 Å². The molecule has 0 N–H and O–H groups in total. The molecule has 0 bridgehead atoms. The summed E-state index contributed by atoms with van der Waals surface area (Å²) in [7, 11) is 0. The smallest absolute Gasteiger partial charge is 0.0991 e. The highest BCUT2D eigenvalue weighted by atomic mass is 15.0. The summed E-state index contributed by atoms with van der Waals surface area (Å²) in [6.07, 6.45) is 0. The van der Waals surface area contributed by atoms with Crippen LogP contribution in [0.25, 0.3) is 121 Å². The van der Waals surface area contributed by atoms with E-state index in [1.54, 1.807) is 0 Å². The number of fused-ring (bicyclic) bond motifs is 8. The van der Waals surface area contributed by atoms with Gasteiger partial charge in [0.2, 0.25) is 0 Å². The molecule has 2 aromatic heterocycles. The summed E-state index contributed by atoms with van der Waals surface area (Å²) in [6, 6.07) is 81.8. The van der Waals surface area contributed by atoms with Gasteiger partial charge >= 0.3 is 0 Å². The number of nitrogens with zero attached hydrogens (tertiary/aromatic N) is 6. The van der Waals surface area contributed by atoms with Crippen LogP contribution in [0.3, 0.4) is 0 Å². The minimum atomic E-state index is 0.0393. The van der Waals surface area contributed by atoms with Crippen molar-refractivity contribution in [1.29, 1.82) is 21.0 Å². The highest BCUT2D eigenvalue weighted by molar-refractivity contribution is 6.23. The number of hydrogen-bond donors (Lipinski definition) is 0. The summed E-state index contributed by atoms with van der Waals surface area (Å²) >= 11 is 0. The Morgan fingerprint density at radius 2 is 0.525 bits per heavy atom. The highest BCUT2D eigenvalue weighted by Crippen LogP contribution is 2.47. The van der Waals surface area contributed by atoms with E-state index in [-0.39, 0.29) is 10.8 Å². The Morgan fingerprint density at radius 3 is 0.787 bits per heavy atom. The molecule has 0 atom stereocenters. The molecule has 0 radical (unpaired) electrons. The van der Waals surface area contributed by atoms with Crippen molar-refractivity contribution in [2.24, 2.45) is 0 Å². The van der Waals surface area contributed by atoms with E-state index < -0.39 is 0 Å². The first-order valence-corrected chi connectivity index (χ1v) is 26.9. The van der Waals surface area contributed by atoms with Crippen LogP contribution < -0.4 is 0 Å². The molecule has 0 aliphatic heterocycles. The van der Waals surface area contributed by atoms with Crippen molar-refractivity contribution in [2.75, 3.05) is 0 Å². The highest BCUT2D eigenvalue weighted by Gasteiger charge is 2.23. The van der Waals surface area contributed by atoms with Crippen molar-refractivity contribution in [2.45, 2.75) is 52.4 Å². The number of aromatic nitrogens is 2. The Bertz CT molecular complexity index is 4440. The molecular weight excluding hydrogens is 973 g/mol. The molecule has 6 nitrogen and oxygen atoms in total. The summed E-state index contributed by atoms with van der Waals surface area (Å²) in [5.74, 6) is 0. The molecule has 0 aliphatic carbocycles. The van der Waals surface area contributed by atoms with Gasteiger partial charge in [0.05, 0.1) is 68.6 Å². The van der Waals surface area contributed by atoms with Crippen molar-refractivity contribution < 1.29 is 0 Å². The maximum Gasteiger partial charge on any atom is 0.0991 e. The predicted octanol–water partition coefficient (Wildman–Crippen LogP) is 18.9. The molecule has 6 heteroatoms. The lowest BCUT2D eigenvalue weighted by Gasteiger charge is -2.21. The van der Waals surface area contributed by atoms with Crippen LogP contribution >= 0.6 is 0 Å². The average Bonchev–Trinajstić information content (AvgIpc) is 4.18. The largest absolute Gasteiger partial charge is 0.309 e. The van der Waals surface area contributed by atoms with Gasteiger partial charge in [0, 0.05) is 32.9 Å². The third kappa shape index (κ3) is 8.14. The van der Waals surface area contributed by atoms with E-state index in [9.17, 15) is 21.0 Å². The van der Waals surface area contributed by atoms with Crippen LogP contribution in [-0.2, 0) is 10.8 Å². The van der Waals surface area contributed by atoms with Gasteiger partial charge in [-0.3, -0.25) is 0 Å². The van der Waals surface area contributed by atoms with E-state index in [4.69, 9.17) is 0 Å². The van der Waals surface area contributed by atoms with E-state index in [0.29, 0.717) is 22.3 Å². The van der Waals surface area contributed by atoms with E-state index in [0.717, 1.165) is 121 Å². The zero-order chi connectivity index (χ0) is 55.2. The summed E-state index contributed by atoms with van der Waals surface area (Å²) in [5, 5.41) is 48.1. The molecule has 0 saturated carbocycles. The molecule has 0 unspecified atom stereocenters. The van der Waals surface area contributed by atoms with Crippen LogP contribution in [0.2, 0.25) is 0 Å². The Hall–Kier alpha value is -10.5. The first-order valence-electron chi connectivity index (χ1n) is 26.9. The third-order valence-corrected chi connectivity index (χ3v) is 16.2. The first-order chi connectivity index (χ1) is 38.7. The summed E-state index contributed by atoms with van der Waals surface area (Å²) in [5.41, 5.74) is 19.3. The molecular formula is C74H52N6. The molecule has 2 heterocycles. The van der Waals surface area contributed by atoms with Crippen LogP contribution in [0.1, 0.15) is 74.9 Å². The number of nitriles is 4. The van der Waals surface area contributed by atoms with Crippen molar-refractivity contribution in [3.63, 3.8) is 0 Å². The quantitative estimate of drug-likeness (QED) is 0.155. The summed E-state index contributed by atoms with van der Waals surface area (Å²) < 4.78 is 4.51. The van der Waals surface area contributed by atoms with E-state index in [1.165, 1.54) is 11.1 Å². The van der Waals surface area contributed by atoms with Gasteiger partial charge in [-0.2, -0.15) is 21.0 Å². The molecule has 80 heavy (non-hydrogen) atoms. The lowest BCUT2D eigenvalue weighted by atomic mass is 9.84. The van der Waals surface area contributed by atoms with Gasteiger partial charge in [-0.05, 0) is 185 Å². The first kappa shape index (κ1) is 49.1. The maximum atomic E-state index is 10.1. The molecule has 13 aromatic rings. The maximum absolute atomic E-state index is 10.1. The van der Waals surface area contributed by atoms with Gasteiger partial charge in [-0.1, -0.05) is 151 Å². The predicted molar refractivity (Wildman–Crippen MR) is 328 cm³/mol. The Kier molecular flexibility index (Phi) is 11.4. The molecule has 0 amide bonds. The van der Waals surface area contributed by atoms with Gasteiger partial charge < -0.3 is 9.13 Å². The third-order valence-electron chi connectivity index (χ3n) is 16.2. The zero-order valence-corrected chi connectivity index (χ0v) is 45.3. The van der Waals surface area contributed by atoms with Crippen molar-refractivity contribution in [3.05, 3.63) is 240 Å². The van der Waals surface area contributed by atoms with Crippen LogP contribution in [0.5, 0.6) is 0 Å². The number of benzene rings is 11. The normalized spacial score (nSPS) is 11.8. The fraction of sp³-hybridized carbons (Fsp3) is 0.108. The Labute approximate surface area is 465 Å². The van der Waals surface area contributed by atoms with Crippen molar-refractivity contribution in [3.8, 4) is 80.2 Å². The van der Waals surface area contributed by atoms with Crippen molar-refractivity contribution in [1.82, 2.24) is 9.13 Å². The topological polar surface area (TPSA) is 105 Å². The fourth-order valence-electron chi connectivity index (χ4n) is 12.0. The number of rotatable bonds is 6. The molecule has 13 rings (SSSR count). The lowest BCUT2D eigenvalue weighted by Crippen LogP contribution is -2.10. The zero-order valence-electron chi connectivity index (χ0n) is 45.3. The van der Waals surface area contributed by atoms with E-state index in [1.807, 2.05) is 72.8 Å². The number of hydrogen-bond acceptors (Lipinski definition) is 4. The van der Waals surface area contributed by atoms with Gasteiger partial charge in [-0.25, -0.2) is 0 Å². The Morgan fingerprint density at radius 1 is 0.263 bits per heavy atom. The minimum absolute atomic E-state index is 0.0393. The monoisotopic (exact) mass is 1020 g/mol. The summed E-state index contributed by atoms with van der Waals surface area (Å²) in [6.45, 7) is 13.4. The molecule has 0 fully saturated rings. The van der Waals surface area contributed by atoms with Gasteiger partial charge in [0.15, 0.2) is 0 Å². The lowest BCUT2D eigenvalue weighted by molar-refractivity contribution is 0.590. The van der Waals surface area contributed by atoms with Gasteiger partial charge in [0.25, 0.3) is 0 Å². The van der Waals surface area contributed by atoms with Gasteiger partial charge in [0.1, 0.15) is 0 Å². The second-order valence-electron chi connectivity index (χ2n) is 23.1. The van der Waals surface area contributed by atoms with Crippen LogP contribution in [-0.4, -0.2) is 9.13 Å². The summed E-state index contributed by atoms with van der Waals surface area (Å²) in [4.78, 5) is 0. The average molecular weight is 1030 g/mol. The SMILES string of the molecule is CC(C)(C)c1ccc(-c2ccc(-c3c4ccc(-n5c6ccc(C#N)cc6c6cc(C#N)ccc65)cc4c(-c4ccc(-c5ccc(C(C)(C)C)cc5)cc4)c4ccc(-n5c6ccc(C#N)cc6c6cc(C#N)ccc65)cc34)cc2)cc1. The van der Waals surface area contributed by atoms with Crippen LogP contribution in [0, 0.1) is 45.3 Å². The van der Waals surface area contributed by atoms with Gasteiger partial charge in [-0.15, -0.1) is 0 Å². The standard InChI is InChI=1S/C74H52N6/c1-73(2,3)55-23-19-51(20-24-55)49-11-15-53(16-12-49)71-59-29-27-58(80-69-33-9-47(43-77)37-63(69)64-38-48(44-78)10-34-70(64)80)40-66(59)72(54-17-13-50(14-18-54)52-21-25-56(26-22-52)74(4,5)6)60-30-28-57(39-65(60)71)79-67-31-7-45(41-75)35-61(67)62-36-46(42-76)8-32-68(62)79/h7-40H,1-6H3. The molecule has 11 aromatic carbocycles. The molecule has 0 spiro atoms. The second kappa shape index (κ2) is 18.6. The van der Waals surface area contributed by atoms with Crippen LogP contribution in [0.4, 0.5) is 0 Å². The molecule has 378 valence electrons. The van der Waals surface area contributed by atoms with Crippen molar-refractivity contribution >= 4 is 65.2 Å². The van der Waals surface area contributed by atoms with Crippen LogP contribution in [0.15, 0.2) is 206 Å². The molecule has 0 aliphatic rings. The Balaban J connectivity index is 1.11. The minimum Gasteiger partial charge on any atom is -0.309 e. The second-order valence-corrected chi connectivity index (χ2v) is 23.1. The van der Waals surface area contributed by atoms with E-state index in [2.05, 4.69) is 208 Å². The fourth-order valence-corrected chi connectivity index (χ4v) is 12.0. The molecule has 0 saturated heterocycles.